The summed E-state index contributed by atoms with van der Waals surface area (Å²) < 4.78 is 7.72. The lowest BCUT2D eigenvalue weighted by Gasteiger charge is -2.11. The van der Waals surface area contributed by atoms with Crippen molar-refractivity contribution in [1.29, 1.82) is 0 Å². The second-order valence-electron chi connectivity index (χ2n) is 4.69. The van der Waals surface area contributed by atoms with Crippen LogP contribution in [0.5, 0.6) is 5.75 Å². The Balaban J connectivity index is 1.96. The van der Waals surface area contributed by atoms with E-state index in [9.17, 15) is 5.11 Å². The third kappa shape index (κ3) is 2.26. The van der Waals surface area contributed by atoms with Crippen LogP contribution in [0.4, 0.5) is 0 Å². The van der Waals surface area contributed by atoms with Gasteiger partial charge in [0.15, 0.2) is 0 Å². The zero-order chi connectivity index (χ0) is 13.9. The van der Waals surface area contributed by atoms with Crippen molar-refractivity contribution in [3.05, 3.63) is 59.8 Å². The Morgan fingerprint density at radius 2 is 1.95 bits per heavy atom. The molecule has 0 saturated carbocycles. The van der Waals surface area contributed by atoms with Gasteiger partial charge in [0.25, 0.3) is 0 Å². The minimum absolute atomic E-state index is 0.0467. The molecule has 0 aliphatic carbocycles. The van der Waals surface area contributed by atoms with Gasteiger partial charge in [-0.25, -0.2) is 0 Å². The Bertz CT molecular complexity index is 720. The molecule has 1 N–H and O–H groups in total. The van der Waals surface area contributed by atoms with Gasteiger partial charge >= 0.3 is 0 Å². The van der Waals surface area contributed by atoms with Crippen LogP contribution in [-0.4, -0.2) is 14.9 Å². The normalized spacial score (nSPS) is 10.9. The standard InChI is InChI=1S/C16H16N2O2/c1-18-15-8-7-13(10-19)16(14(15)9-17-18)20-11-12-5-3-2-4-6-12/h2-9,19H,10-11H2,1H3. The van der Waals surface area contributed by atoms with Gasteiger partial charge in [-0.05, 0) is 11.6 Å². The zero-order valence-corrected chi connectivity index (χ0v) is 11.3. The summed E-state index contributed by atoms with van der Waals surface area (Å²) in [5.74, 6) is 0.710. The van der Waals surface area contributed by atoms with Crippen molar-refractivity contribution < 1.29 is 9.84 Å². The highest BCUT2D eigenvalue weighted by molar-refractivity contribution is 5.86. The Morgan fingerprint density at radius 1 is 1.15 bits per heavy atom. The molecule has 0 fully saturated rings. The lowest BCUT2D eigenvalue weighted by Crippen LogP contribution is -1.99. The number of nitrogens with zero attached hydrogens (tertiary/aromatic N) is 2. The first-order valence-corrected chi connectivity index (χ1v) is 6.51. The fourth-order valence-corrected chi connectivity index (χ4v) is 2.27. The molecule has 20 heavy (non-hydrogen) atoms. The van der Waals surface area contributed by atoms with Crippen LogP contribution < -0.4 is 4.74 Å². The molecule has 2 aromatic carbocycles. The van der Waals surface area contributed by atoms with Gasteiger partial charge in [-0.15, -0.1) is 0 Å². The molecule has 0 amide bonds. The van der Waals surface area contributed by atoms with Gasteiger partial charge in [0.05, 0.1) is 23.7 Å². The minimum Gasteiger partial charge on any atom is -0.488 e. The summed E-state index contributed by atoms with van der Waals surface area (Å²) >= 11 is 0. The Hall–Kier alpha value is -2.33. The second-order valence-corrected chi connectivity index (χ2v) is 4.69. The summed E-state index contributed by atoms with van der Waals surface area (Å²) in [5.41, 5.74) is 2.86. The number of fused-ring (bicyclic) bond motifs is 1. The fraction of sp³-hybridized carbons (Fsp3) is 0.188. The lowest BCUT2D eigenvalue weighted by atomic mass is 10.1. The SMILES string of the molecule is Cn1ncc2c(OCc3ccccc3)c(CO)ccc21. The summed E-state index contributed by atoms with van der Waals surface area (Å²) in [6, 6.07) is 13.8. The summed E-state index contributed by atoms with van der Waals surface area (Å²) in [6.45, 7) is 0.427. The van der Waals surface area contributed by atoms with Gasteiger partial charge in [-0.3, -0.25) is 4.68 Å². The monoisotopic (exact) mass is 268 g/mol. The minimum atomic E-state index is -0.0467. The molecular weight excluding hydrogens is 252 g/mol. The van der Waals surface area contributed by atoms with E-state index in [1.54, 1.807) is 10.9 Å². The maximum absolute atomic E-state index is 9.47. The van der Waals surface area contributed by atoms with Crippen LogP contribution >= 0.6 is 0 Å². The number of hydrogen-bond acceptors (Lipinski definition) is 3. The van der Waals surface area contributed by atoms with E-state index in [1.807, 2.05) is 49.5 Å². The van der Waals surface area contributed by atoms with Crippen molar-refractivity contribution in [2.24, 2.45) is 7.05 Å². The number of benzene rings is 2. The Labute approximate surface area is 117 Å². The van der Waals surface area contributed by atoms with Crippen molar-refractivity contribution in [2.75, 3.05) is 0 Å². The van der Waals surface area contributed by atoms with Crippen molar-refractivity contribution in [3.8, 4) is 5.75 Å². The van der Waals surface area contributed by atoms with E-state index < -0.39 is 0 Å². The molecule has 0 saturated heterocycles. The van der Waals surface area contributed by atoms with Crippen molar-refractivity contribution in [3.63, 3.8) is 0 Å². The van der Waals surface area contributed by atoms with E-state index in [-0.39, 0.29) is 6.61 Å². The third-order valence-corrected chi connectivity index (χ3v) is 3.36. The molecule has 0 atom stereocenters. The lowest BCUT2D eigenvalue weighted by molar-refractivity contribution is 0.261. The van der Waals surface area contributed by atoms with Crippen LogP contribution in [0.15, 0.2) is 48.7 Å². The molecule has 0 aliphatic heterocycles. The van der Waals surface area contributed by atoms with Crippen LogP contribution in [0.3, 0.4) is 0 Å². The molecule has 1 heterocycles. The maximum Gasteiger partial charge on any atom is 0.136 e. The van der Waals surface area contributed by atoms with E-state index in [2.05, 4.69) is 5.10 Å². The molecular formula is C16H16N2O2. The molecule has 0 bridgehead atoms. The van der Waals surface area contributed by atoms with E-state index in [1.165, 1.54) is 0 Å². The number of aliphatic hydroxyl groups excluding tert-OH is 1. The number of aliphatic hydroxyl groups is 1. The molecule has 0 radical (unpaired) electrons. The molecule has 0 spiro atoms. The average Bonchev–Trinajstić information content (AvgIpc) is 2.87. The number of ether oxygens (including phenoxy) is 1. The highest BCUT2D eigenvalue weighted by Crippen LogP contribution is 2.30. The smallest absolute Gasteiger partial charge is 0.136 e. The van der Waals surface area contributed by atoms with Crippen LogP contribution in [-0.2, 0) is 20.3 Å². The van der Waals surface area contributed by atoms with E-state index >= 15 is 0 Å². The highest BCUT2D eigenvalue weighted by atomic mass is 16.5. The summed E-state index contributed by atoms with van der Waals surface area (Å²) in [4.78, 5) is 0. The number of aromatic nitrogens is 2. The van der Waals surface area contributed by atoms with Gasteiger partial charge in [0.1, 0.15) is 12.4 Å². The molecule has 4 nitrogen and oxygen atoms in total. The molecule has 1 aromatic heterocycles. The van der Waals surface area contributed by atoms with Crippen LogP contribution in [0.25, 0.3) is 10.9 Å². The maximum atomic E-state index is 9.47. The largest absolute Gasteiger partial charge is 0.488 e. The average molecular weight is 268 g/mol. The van der Waals surface area contributed by atoms with Crippen molar-refractivity contribution >= 4 is 10.9 Å². The van der Waals surface area contributed by atoms with Crippen LogP contribution in [0.1, 0.15) is 11.1 Å². The van der Waals surface area contributed by atoms with Gasteiger partial charge in [0.2, 0.25) is 0 Å². The predicted octanol–water partition coefficient (Wildman–Crippen LogP) is 2.64. The van der Waals surface area contributed by atoms with Crippen molar-refractivity contribution in [2.45, 2.75) is 13.2 Å². The first kappa shape index (κ1) is 12.7. The predicted molar refractivity (Wildman–Crippen MR) is 77.4 cm³/mol. The Kier molecular flexibility index (Phi) is 3.39. The topological polar surface area (TPSA) is 47.3 Å². The molecule has 4 heteroatoms. The zero-order valence-electron chi connectivity index (χ0n) is 11.3. The first-order chi connectivity index (χ1) is 9.79. The third-order valence-electron chi connectivity index (χ3n) is 3.36. The molecule has 102 valence electrons. The fourth-order valence-electron chi connectivity index (χ4n) is 2.27. The number of hydrogen-bond donors (Lipinski definition) is 1. The van der Waals surface area contributed by atoms with Crippen LogP contribution in [0, 0.1) is 0 Å². The van der Waals surface area contributed by atoms with Gasteiger partial charge < -0.3 is 9.84 Å². The van der Waals surface area contributed by atoms with Gasteiger partial charge in [-0.2, -0.15) is 5.10 Å². The van der Waals surface area contributed by atoms with Crippen LogP contribution in [0.2, 0.25) is 0 Å². The molecule has 3 rings (SSSR count). The first-order valence-electron chi connectivity index (χ1n) is 6.51. The summed E-state index contributed by atoms with van der Waals surface area (Å²) in [7, 11) is 1.89. The van der Waals surface area contributed by atoms with E-state index in [0.717, 1.165) is 22.0 Å². The van der Waals surface area contributed by atoms with Gasteiger partial charge in [-0.1, -0.05) is 36.4 Å². The van der Waals surface area contributed by atoms with E-state index in [0.29, 0.717) is 12.4 Å². The second kappa shape index (κ2) is 5.35. The summed E-state index contributed by atoms with van der Waals surface area (Å²) in [6.07, 6.45) is 1.77. The summed E-state index contributed by atoms with van der Waals surface area (Å²) in [5, 5.41) is 14.6. The van der Waals surface area contributed by atoms with Gasteiger partial charge in [0, 0.05) is 12.6 Å². The quantitative estimate of drug-likeness (QED) is 0.791. The number of aryl methyl sites for hydroxylation is 1. The number of rotatable bonds is 4. The molecule has 0 unspecified atom stereocenters. The Morgan fingerprint density at radius 3 is 2.70 bits per heavy atom. The highest BCUT2D eigenvalue weighted by Gasteiger charge is 2.11. The van der Waals surface area contributed by atoms with E-state index in [4.69, 9.17) is 4.74 Å². The molecule has 0 aliphatic rings. The molecule has 3 aromatic rings. The van der Waals surface area contributed by atoms with Crippen molar-refractivity contribution in [1.82, 2.24) is 9.78 Å².